The average Bonchev–Trinajstić information content (AvgIpc) is 3.10. The fraction of sp³-hybridized carbons (Fsp3) is 0.0500. The zero-order valence-electron chi connectivity index (χ0n) is 13.0. The van der Waals surface area contributed by atoms with Crippen LogP contribution in [0, 0.1) is 0 Å². The van der Waals surface area contributed by atoms with Crippen LogP contribution in [0.25, 0.3) is 0 Å². The first-order valence-corrected chi connectivity index (χ1v) is 7.73. The monoisotopic (exact) mass is 316 g/mol. The Hall–Kier alpha value is -3.27. The fourth-order valence-electron chi connectivity index (χ4n) is 2.46. The van der Waals surface area contributed by atoms with Crippen molar-refractivity contribution >= 4 is 23.3 Å². The first-order valence-electron chi connectivity index (χ1n) is 7.73. The molecule has 0 atom stereocenters. The van der Waals surface area contributed by atoms with Crippen LogP contribution in [0.1, 0.15) is 5.56 Å². The van der Waals surface area contributed by atoms with Crippen molar-refractivity contribution in [1.29, 1.82) is 0 Å². The predicted molar refractivity (Wildman–Crippen MR) is 96.0 cm³/mol. The Morgan fingerprint density at radius 2 is 1.54 bits per heavy atom. The highest BCUT2D eigenvalue weighted by Crippen LogP contribution is 2.32. The van der Waals surface area contributed by atoms with Crippen LogP contribution in [0.15, 0.2) is 77.8 Å². The number of rotatable bonds is 4. The number of benzene rings is 3. The molecule has 3 aromatic carbocycles. The molecule has 0 bridgehead atoms. The molecule has 1 N–H and O–H groups in total. The molecule has 24 heavy (non-hydrogen) atoms. The van der Waals surface area contributed by atoms with Crippen molar-refractivity contribution < 1.29 is 9.47 Å². The molecule has 1 aliphatic rings. The fourth-order valence-corrected chi connectivity index (χ4v) is 2.46. The van der Waals surface area contributed by atoms with E-state index in [1.165, 1.54) is 0 Å². The molecule has 4 nitrogen and oxygen atoms in total. The van der Waals surface area contributed by atoms with E-state index in [-0.39, 0.29) is 6.79 Å². The third kappa shape index (κ3) is 3.22. The normalized spacial score (nSPS) is 12.5. The van der Waals surface area contributed by atoms with Gasteiger partial charge in [0, 0.05) is 17.6 Å². The number of ether oxygens (including phenoxy) is 2. The van der Waals surface area contributed by atoms with Crippen LogP contribution in [0.3, 0.4) is 0 Å². The van der Waals surface area contributed by atoms with Crippen molar-refractivity contribution in [3.63, 3.8) is 0 Å². The van der Waals surface area contributed by atoms with Crippen molar-refractivity contribution in [2.24, 2.45) is 4.99 Å². The van der Waals surface area contributed by atoms with Crippen molar-refractivity contribution in [1.82, 2.24) is 0 Å². The summed E-state index contributed by atoms with van der Waals surface area (Å²) in [4.78, 5) is 4.50. The van der Waals surface area contributed by atoms with Crippen molar-refractivity contribution in [3.05, 3.63) is 78.4 Å². The lowest BCUT2D eigenvalue weighted by molar-refractivity contribution is 0.174. The van der Waals surface area contributed by atoms with E-state index in [2.05, 4.69) is 10.3 Å². The van der Waals surface area contributed by atoms with Gasteiger partial charge in [0.2, 0.25) is 6.79 Å². The molecule has 0 saturated heterocycles. The summed E-state index contributed by atoms with van der Waals surface area (Å²) in [5, 5.41) is 3.35. The summed E-state index contributed by atoms with van der Waals surface area (Å²) < 4.78 is 10.7. The minimum Gasteiger partial charge on any atom is -0.454 e. The summed E-state index contributed by atoms with van der Waals surface area (Å²) in [5.74, 6) is 1.55. The molecule has 0 spiro atoms. The topological polar surface area (TPSA) is 42.9 Å². The van der Waals surface area contributed by atoms with Crippen LogP contribution in [0.2, 0.25) is 0 Å². The van der Waals surface area contributed by atoms with Crippen LogP contribution in [0.5, 0.6) is 11.5 Å². The van der Waals surface area contributed by atoms with Gasteiger partial charge in [0.05, 0.1) is 5.69 Å². The van der Waals surface area contributed by atoms with Crippen LogP contribution in [-0.4, -0.2) is 13.0 Å². The Kier molecular flexibility index (Phi) is 3.86. The van der Waals surface area contributed by atoms with E-state index in [9.17, 15) is 0 Å². The smallest absolute Gasteiger partial charge is 0.231 e. The molecule has 0 radical (unpaired) electrons. The van der Waals surface area contributed by atoms with E-state index in [4.69, 9.17) is 9.47 Å². The van der Waals surface area contributed by atoms with Crippen molar-refractivity contribution in [2.45, 2.75) is 0 Å². The van der Waals surface area contributed by atoms with Gasteiger partial charge in [-0.1, -0.05) is 18.2 Å². The van der Waals surface area contributed by atoms with Gasteiger partial charge in [0.15, 0.2) is 11.5 Å². The molecule has 4 rings (SSSR count). The predicted octanol–water partition coefficient (Wildman–Crippen LogP) is 4.91. The van der Waals surface area contributed by atoms with Crippen LogP contribution >= 0.6 is 0 Å². The molecule has 0 saturated carbocycles. The molecule has 0 aliphatic carbocycles. The molecule has 1 heterocycles. The van der Waals surface area contributed by atoms with Gasteiger partial charge < -0.3 is 14.8 Å². The van der Waals surface area contributed by atoms with Gasteiger partial charge in [0.25, 0.3) is 0 Å². The highest BCUT2D eigenvalue weighted by Gasteiger charge is 2.12. The SMILES string of the molecule is C(=Nc1ccc(Nc2ccccc2)cc1)c1ccc2c(c1)OCO2. The van der Waals surface area contributed by atoms with Crippen molar-refractivity contribution in [2.75, 3.05) is 12.1 Å². The van der Waals surface area contributed by atoms with E-state index in [1.54, 1.807) is 0 Å². The van der Waals surface area contributed by atoms with Gasteiger partial charge in [0.1, 0.15) is 0 Å². The number of para-hydroxylation sites is 1. The summed E-state index contributed by atoms with van der Waals surface area (Å²) in [6.45, 7) is 0.284. The minimum absolute atomic E-state index is 0.284. The van der Waals surface area contributed by atoms with Gasteiger partial charge in [-0.3, -0.25) is 4.99 Å². The minimum atomic E-state index is 0.284. The standard InChI is InChI=1S/C20H16N2O2/c1-2-4-17(5-3-1)22-18-9-7-16(8-10-18)21-13-15-6-11-19-20(12-15)24-14-23-19/h1-13,22H,14H2. The third-order valence-corrected chi connectivity index (χ3v) is 3.69. The van der Waals surface area contributed by atoms with Crippen LogP contribution in [-0.2, 0) is 0 Å². The van der Waals surface area contributed by atoms with E-state index in [0.717, 1.165) is 34.1 Å². The van der Waals surface area contributed by atoms with E-state index < -0.39 is 0 Å². The van der Waals surface area contributed by atoms with E-state index in [0.29, 0.717) is 0 Å². The molecule has 0 fully saturated rings. The third-order valence-electron chi connectivity index (χ3n) is 3.69. The zero-order valence-corrected chi connectivity index (χ0v) is 13.0. The summed E-state index contributed by atoms with van der Waals surface area (Å²) in [6.07, 6.45) is 1.82. The maximum Gasteiger partial charge on any atom is 0.231 e. The maximum atomic E-state index is 5.37. The molecule has 0 amide bonds. The number of anilines is 2. The molecule has 3 aromatic rings. The lowest BCUT2D eigenvalue weighted by atomic mass is 10.2. The summed E-state index contributed by atoms with van der Waals surface area (Å²) in [5.41, 5.74) is 3.97. The lowest BCUT2D eigenvalue weighted by Crippen LogP contribution is -1.92. The van der Waals surface area contributed by atoms with Crippen LogP contribution in [0.4, 0.5) is 17.1 Å². The Balaban J connectivity index is 1.45. The van der Waals surface area contributed by atoms with E-state index >= 15 is 0 Å². The summed E-state index contributed by atoms with van der Waals surface area (Å²) in [6, 6.07) is 23.9. The second-order valence-corrected chi connectivity index (χ2v) is 5.41. The molecule has 4 heteroatoms. The van der Waals surface area contributed by atoms with Gasteiger partial charge in [-0.2, -0.15) is 0 Å². The Bertz CT molecular complexity index is 859. The van der Waals surface area contributed by atoms with Gasteiger partial charge >= 0.3 is 0 Å². The second kappa shape index (κ2) is 6.46. The Morgan fingerprint density at radius 1 is 0.792 bits per heavy atom. The number of aliphatic imine (C=N–C) groups is 1. The average molecular weight is 316 g/mol. The molecular formula is C20H16N2O2. The Morgan fingerprint density at radius 3 is 2.38 bits per heavy atom. The first kappa shape index (κ1) is 14.3. The lowest BCUT2D eigenvalue weighted by Gasteiger charge is -2.06. The summed E-state index contributed by atoms with van der Waals surface area (Å²) >= 11 is 0. The largest absolute Gasteiger partial charge is 0.454 e. The molecule has 118 valence electrons. The second-order valence-electron chi connectivity index (χ2n) is 5.41. The van der Waals surface area contributed by atoms with Crippen LogP contribution < -0.4 is 14.8 Å². The highest BCUT2D eigenvalue weighted by molar-refractivity contribution is 5.83. The molecular weight excluding hydrogens is 300 g/mol. The number of hydrogen-bond donors (Lipinski definition) is 1. The number of nitrogens with zero attached hydrogens (tertiary/aromatic N) is 1. The number of hydrogen-bond acceptors (Lipinski definition) is 4. The van der Waals surface area contributed by atoms with Gasteiger partial charge in [-0.05, 0) is 60.2 Å². The number of fused-ring (bicyclic) bond motifs is 1. The van der Waals surface area contributed by atoms with Gasteiger partial charge in [-0.25, -0.2) is 0 Å². The maximum absolute atomic E-state index is 5.37. The Labute approximate surface area is 140 Å². The molecule has 0 unspecified atom stereocenters. The highest BCUT2D eigenvalue weighted by atomic mass is 16.7. The quantitative estimate of drug-likeness (QED) is 0.695. The summed E-state index contributed by atoms with van der Waals surface area (Å²) in [7, 11) is 0. The molecule has 1 aliphatic heterocycles. The number of nitrogens with one attached hydrogen (secondary N) is 1. The first-order chi connectivity index (χ1) is 11.9. The molecule has 0 aromatic heterocycles. The van der Waals surface area contributed by atoms with Gasteiger partial charge in [-0.15, -0.1) is 0 Å². The zero-order chi connectivity index (χ0) is 16.2. The van der Waals surface area contributed by atoms with E-state index in [1.807, 2.05) is 79.0 Å². The van der Waals surface area contributed by atoms with Crippen molar-refractivity contribution in [3.8, 4) is 11.5 Å².